The highest BCUT2D eigenvalue weighted by atomic mass is 32.2. The van der Waals surface area contributed by atoms with Gasteiger partial charge in [0, 0.05) is 19.0 Å². The van der Waals surface area contributed by atoms with Gasteiger partial charge in [0.05, 0.1) is 4.90 Å². The summed E-state index contributed by atoms with van der Waals surface area (Å²) in [6.07, 6.45) is 1.14. The van der Waals surface area contributed by atoms with E-state index in [0.717, 1.165) is 6.26 Å². The van der Waals surface area contributed by atoms with Crippen LogP contribution in [0.4, 0.5) is 10.5 Å². The number of hydrogen-bond acceptors (Lipinski definition) is 4. The van der Waals surface area contributed by atoms with E-state index in [1.165, 1.54) is 19.2 Å². The molecular formula is C15H16N2O4S. The molecule has 6 nitrogen and oxygen atoms in total. The lowest BCUT2D eigenvalue weighted by molar-refractivity contribution is 0.254. The second-order valence-electron chi connectivity index (χ2n) is 4.58. The molecule has 0 fully saturated rings. The van der Waals surface area contributed by atoms with Crippen LogP contribution in [0.5, 0.6) is 11.5 Å². The van der Waals surface area contributed by atoms with Crippen molar-refractivity contribution in [3.05, 3.63) is 48.5 Å². The molecule has 2 amide bonds. The molecule has 116 valence electrons. The molecular weight excluding hydrogens is 304 g/mol. The molecule has 0 spiro atoms. The topological polar surface area (TPSA) is 84.5 Å². The summed E-state index contributed by atoms with van der Waals surface area (Å²) in [6, 6.07) is 12.7. The molecule has 0 saturated heterocycles. The maximum Gasteiger partial charge on any atom is 0.318 e. The number of carbonyl (C=O) groups is 1. The molecule has 2 N–H and O–H groups in total. The molecule has 0 saturated carbocycles. The van der Waals surface area contributed by atoms with Gasteiger partial charge in [-0.1, -0.05) is 6.07 Å². The standard InChI is InChI=1S/C15H16N2O4S/c1-16-15(18)17-11-6-8-12(9-7-11)21-13-4-3-5-14(10-13)22(2,19)20/h3-10H,1-2H3,(H2,16,17,18). The van der Waals surface area contributed by atoms with Gasteiger partial charge in [-0.25, -0.2) is 13.2 Å². The zero-order valence-electron chi connectivity index (χ0n) is 12.2. The molecule has 0 aliphatic carbocycles. The Bertz CT molecular complexity index is 770. The van der Waals surface area contributed by atoms with Crippen molar-refractivity contribution in [2.24, 2.45) is 0 Å². The Kier molecular flexibility index (Phi) is 4.67. The van der Waals surface area contributed by atoms with Crippen LogP contribution in [-0.2, 0) is 9.84 Å². The lowest BCUT2D eigenvalue weighted by atomic mass is 10.3. The van der Waals surface area contributed by atoms with Crippen molar-refractivity contribution in [3.63, 3.8) is 0 Å². The predicted octanol–water partition coefficient (Wildman–Crippen LogP) is 2.63. The van der Waals surface area contributed by atoms with Crippen LogP contribution in [0.2, 0.25) is 0 Å². The molecule has 0 atom stereocenters. The number of ether oxygens (including phenoxy) is 1. The van der Waals surface area contributed by atoms with Gasteiger partial charge in [-0.3, -0.25) is 0 Å². The Morgan fingerprint density at radius 3 is 2.32 bits per heavy atom. The Balaban J connectivity index is 2.13. The summed E-state index contributed by atoms with van der Waals surface area (Å²) in [4.78, 5) is 11.4. The van der Waals surface area contributed by atoms with E-state index in [2.05, 4.69) is 10.6 Å². The van der Waals surface area contributed by atoms with E-state index in [9.17, 15) is 13.2 Å². The Morgan fingerprint density at radius 2 is 1.73 bits per heavy atom. The molecule has 22 heavy (non-hydrogen) atoms. The average molecular weight is 320 g/mol. The fourth-order valence-corrected chi connectivity index (χ4v) is 2.36. The number of rotatable bonds is 4. The molecule has 2 aromatic rings. The molecule has 0 bridgehead atoms. The van der Waals surface area contributed by atoms with Crippen LogP contribution in [0.1, 0.15) is 0 Å². The normalized spacial score (nSPS) is 10.8. The van der Waals surface area contributed by atoms with Gasteiger partial charge in [0.25, 0.3) is 0 Å². The third-order valence-corrected chi connectivity index (χ3v) is 3.92. The summed E-state index contributed by atoms with van der Waals surface area (Å²) in [5.74, 6) is 0.961. The minimum atomic E-state index is -3.28. The monoisotopic (exact) mass is 320 g/mol. The summed E-state index contributed by atoms with van der Waals surface area (Å²) >= 11 is 0. The van der Waals surface area contributed by atoms with Crippen LogP contribution in [0.15, 0.2) is 53.4 Å². The second-order valence-corrected chi connectivity index (χ2v) is 6.59. The third kappa shape index (κ3) is 4.23. The highest BCUT2D eigenvalue weighted by Gasteiger charge is 2.08. The molecule has 0 unspecified atom stereocenters. The highest BCUT2D eigenvalue weighted by Crippen LogP contribution is 2.25. The van der Waals surface area contributed by atoms with Crippen molar-refractivity contribution in [2.75, 3.05) is 18.6 Å². The summed E-state index contributed by atoms with van der Waals surface area (Å²) in [6.45, 7) is 0. The molecule has 2 rings (SSSR count). The van der Waals surface area contributed by atoms with E-state index < -0.39 is 9.84 Å². The van der Waals surface area contributed by atoms with E-state index in [4.69, 9.17) is 4.74 Å². The number of benzene rings is 2. The van der Waals surface area contributed by atoms with Crippen molar-refractivity contribution in [2.45, 2.75) is 4.90 Å². The quantitative estimate of drug-likeness (QED) is 0.907. The zero-order chi connectivity index (χ0) is 16.2. The second kappa shape index (κ2) is 6.48. The fraction of sp³-hybridized carbons (Fsp3) is 0.133. The van der Waals surface area contributed by atoms with E-state index in [0.29, 0.717) is 17.2 Å². The summed E-state index contributed by atoms with van der Waals surface area (Å²) in [7, 11) is -1.75. The Hall–Kier alpha value is -2.54. The van der Waals surface area contributed by atoms with Gasteiger partial charge < -0.3 is 15.4 Å². The third-order valence-electron chi connectivity index (χ3n) is 2.81. The number of amides is 2. The van der Waals surface area contributed by atoms with E-state index in [-0.39, 0.29) is 10.9 Å². The molecule has 2 aromatic carbocycles. The molecule has 0 aromatic heterocycles. The number of nitrogens with one attached hydrogen (secondary N) is 2. The van der Waals surface area contributed by atoms with Crippen LogP contribution in [0, 0.1) is 0 Å². The van der Waals surface area contributed by atoms with Crippen molar-refractivity contribution < 1.29 is 17.9 Å². The Morgan fingerprint density at radius 1 is 1.05 bits per heavy atom. The van der Waals surface area contributed by atoms with Crippen molar-refractivity contribution in [3.8, 4) is 11.5 Å². The van der Waals surface area contributed by atoms with Gasteiger partial charge in [-0.05, 0) is 42.5 Å². The average Bonchev–Trinajstić information content (AvgIpc) is 2.48. The summed E-state index contributed by atoms with van der Waals surface area (Å²) in [5, 5.41) is 5.08. The molecule has 7 heteroatoms. The van der Waals surface area contributed by atoms with Gasteiger partial charge in [-0.15, -0.1) is 0 Å². The number of hydrogen-bond donors (Lipinski definition) is 2. The summed E-state index contributed by atoms with van der Waals surface area (Å²) < 4.78 is 28.6. The van der Waals surface area contributed by atoms with Crippen LogP contribution in [-0.4, -0.2) is 27.8 Å². The van der Waals surface area contributed by atoms with Gasteiger partial charge in [-0.2, -0.15) is 0 Å². The molecule has 0 aliphatic rings. The smallest absolute Gasteiger partial charge is 0.318 e. The van der Waals surface area contributed by atoms with Gasteiger partial charge >= 0.3 is 6.03 Å². The van der Waals surface area contributed by atoms with Crippen LogP contribution >= 0.6 is 0 Å². The maximum absolute atomic E-state index is 11.5. The van der Waals surface area contributed by atoms with Crippen LogP contribution in [0.3, 0.4) is 0 Å². The molecule has 0 heterocycles. The first-order valence-corrected chi connectivity index (χ1v) is 8.34. The van der Waals surface area contributed by atoms with Gasteiger partial charge in [0.2, 0.25) is 0 Å². The minimum Gasteiger partial charge on any atom is -0.457 e. The van der Waals surface area contributed by atoms with Crippen molar-refractivity contribution >= 4 is 21.6 Å². The van der Waals surface area contributed by atoms with Gasteiger partial charge in [0.1, 0.15) is 11.5 Å². The van der Waals surface area contributed by atoms with Crippen molar-refractivity contribution in [1.29, 1.82) is 0 Å². The SMILES string of the molecule is CNC(=O)Nc1ccc(Oc2cccc(S(C)(=O)=O)c2)cc1. The van der Waals surface area contributed by atoms with Crippen LogP contribution < -0.4 is 15.4 Å². The lowest BCUT2D eigenvalue weighted by Crippen LogP contribution is -2.24. The number of anilines is 1. The fourth-order valence-electron chi connectivity index (χ4n) is 1.70. The first kappa shape index (κ1) is 15.8. The maximum atomic E-state index is 11.5. The van der Waals surface area contributed by atoms with E-state index >= 15 is 0 Å². The minimum absolute atomic E-state index is 0.197. The molecule has 0 aliphatic heterocycles. The lowest BCUT2D eigenvalue weighted by Gasteiger charge is -2.08. The summed E-state index contributed by atoms with van der Waals surface area (Å²) in [5.41, 5.74) is 0.622. The number of carbonyl (C=O) groups excluding carboxylic acids is 1. The zero-order valence-corrected chi connectivity index (χ0v) is 13.0. The first-order valence-electron chi connectivity index (χ1n) is 6.45. The predicted molar refractivity (Wildman–Crippen MR) is 84.1 cm³/mol. The number of urea groups is 1. The largest absolute Gasteiger partial charge is 0.457 e. The molecule has 0 radical (unpaired) electrons. The van der Waals surface area contributed by atoms with E-state index in [1.54, 1.807) is 36.4 Å². The van der Waals surface area contributed by atoms with Gasteiger partial charge in [0.15, 0.2) is 9.84 Å². The number of sulfone groups is 1. The first-order chi connectivity index (χ1) is 10.4. The Labute approximate surface area is 129 Å². The highest BCUT2D eigenvalue weighted by molar-refractivity contribution is 7.90. The van der Waals surface area contributed by atoms with E-state index in [1.807, 2.05) is 0 Å². The van der Waals surface area contributed by atoms with Crippen LogP contribution in [0.25, 0.3) is 0 Å². The van der Waals surface area contributed by atoms with Crippen molar-refractivity contribution in [1.82, 2.24) is 5.32 Å².